The summed E-state index contributed by atoms with van der Waals surface area (Å²) in [6.45, 7) is 1.83. The van der Waals surface area contributed by atoms with Crippen LogP contribution in [-0.2, 0) is 0 Å². The van der Waals surface area contributed by atoms with Gasteiger partial charge in [0.05, 0.1) is 10.6 Å². The van der Waals surface area contributed by atoms with Crippen molar-refractivity contribution in [1.29, 1.82) is 0 Å². The lowest BCUT2D eigenvalue weighted by atomic mass is 10.1. The number of rotatable bonds is 2. The van der Waals surface area contributed by atoms with E-state index in [0.717, 1.165) is 5.56 Å². The molecule has 2 rings (SSSR count). The highest BCUT2D eigenvalue weighted by Gasteiger charge is 2.13. The minimum atomic E-state index is -0.622. The van der Waals surface area contributed by atoms with Crippen molar-refractivity contribution in [1.82, 2.24) is 0 Å². The van der Waals surface area contributed by atoms with Crippen molar-refractivity contribution >= 4 is 28.9 Å². The van der Waals surface area contributed by atoms with Gasteiger partial charge < -0.3 is 11.1 Å². The fourth-order valence-corrected chi connectivity index (χ4v) is 1.84. The topological polar surface area (TPSA) is 55.1 Å². The van der Waals surface area contributed by atoms with E-state index in [0.29, 0.717) is 11.4 Å². The number of benzene rings is 2. The van der Waals surface area contributed by atoms with Gasteiger partial charge in [0.1, 0.15) is 5.82 Å². The van der Waals surface area contributed by atoms with Gasteiger partial charge in [-0.3, -0.25) is 4.79 Å². The maximum Gasteiger partial charge on any atom is 0.257 e. The van der Waals surface area contributed by atoms with E-state index in [9.17, 15) is 9.18 Å². The smallest absolute Gasteiger partial charge is 0.257 e. The predicted molar refractivity (Wildman–Crippen MR) is 75.0 cm³/mol. The molecule has 0 heterocycles. The third-order valence-corrected chi connectivity index (χ3v) is 3.11. The molecule has 0 aliphatic rings. The SMILES string of the molecule is Cc1cc(NC(=O)c2cccc(F)c2Cl)ccc1N. The molecule has 2 aromatic rings. The van der Waals surface area contributed by atoms with Crippen LogP contribution in [0.1, 0.15) is 15.9 Å². The van der Waals surface area contributed by atoms with Gasteiger partial charge in [0.15, 0.2) is 0 Å². The average Bonchev–Trinajstić information content (AvgIpc) is 2.37. The molecular weight excluding hydrogens is 267 g/mol. The van der Waals surface area contributed by atoms with Crippen molar-refractivity contribution in [3.63, 3.8) is 0 Å². The number of aryl methyl sites for hydroxylation is 1. The minimum absolute atomic E-state index is 0.0937. The Kier molecular flexibility index (Phi) is 3.71. The summed E-state index contributed by atoms with van der Waals surface area (Å²) in [5.41, 5.74) is 7.86. The molecular formula is C14H12ClFN2O. The van der Waals surface area contributed by atoms with Gasteiger partial charge in [0.2, 0.25) is 0 Å². The van der Waals surface area contributed by atoms with Gasteiger partial charge in [-0.2, -0.15) is 0 Å². The van der Waals surface area contributed by atoms with Gasteiger partial charge >= 0.3 is 0 Å². The van der Waals surface area contributed by atoms with E-state index in [1.165, 1.54) is 18.2 Å². The van der Waals surface area contributed by atoms with Crippen LogP contribution in [-0.4, -0.2) is 5.91 Å². The first kappa shape index (κ1) is 13.4. The summed E-state index contributed by atoms with van der Waals surface area (Å²) in [6.07, 6.45) is 0. The first-order chi connectivity index (χ1) is 8.99. The molecule has 3 nitrogen and oxygen atoms in total. The van der Waals surface area contributed by atoms with Crippen molar-refractivity contribution in [3.8, 4) is 0 Å². The van der Waals surface area contributed by atoms with Crippen molar-refractivity contribution in [2.75, 3.05) is 11.1 Å². The van der Waals surface area contributed by atoms with Crippen LogP contribution in [0.15, 0.2) is 36.4 Å². The van der Waals surface area contributed by atoms with Crippen LogP contribution < -0.4 is 11.1 Å². The Hall–Kier alpha value is -2.07. The van der Waals surface area contributed by atoms with E-state index in [4.69, 9.17) is 17.3 Å². The zero-order chi connectivity index (χ0) is 14.0. The molecule has 19 heavy (non-hydrogen) atoms. The molecule has 2 aromatic carbocycles. The highest BCUT2D eigenvalue weighted by atomic mass is 35.5. The predicted octanol–water partition coefficient (Wildman–Crippen LogP) is 3.62. The van der Waals surface area contributed by atoms with E-state index in [-0.39, 0.29) is 10.6 Å². The van der Waals surface area contributed by atoms with Crippen LogP contribution in [0.5, 0.6) is 0 Å². The zero-order valence-corrected chi connectivity index (χ0v) is 11.0. The van der Waals surface area contributed by atoms with Crippen LogP contribution in [0.4, 0.5) is 15.8 Å². The fraction of sp³-hybridized carbons (Fsp3) is 0.0714. The summed E-state index contributed by atoms with van der Waals surface area (Å²) < 4.78 is 13.3. The number of amides is 1. The van der Waals surface area contributed by atoms with Gasteiger partial charge in [-0.05, 0) is 42.8 Å². The number of nitrogens with one attached hydrogen (secondary N) is 1. The van der Waals surface area contributed by atoms with Gasteiger partial charge in [-0.1, -0.05) is 17.7 Å². The van der Waals surface area contributed by atoms with Crippen molar-refractivity contribution in [2.24, 2.45) is 0 Å². The molecule has 0 bridgehead atoms. The second-order valence-electron chi connectivity index (χ2n) is 4.13. The summed E-state index contributed by atoms with van der Waals surface area (Å²) in [4.78, 5) is 12.0. The highest BCUT2D eigenvalue weighted by Crippen LogP contribution is 2.22. The zero-order valence-electron chi connectivity index (χ0n) is 10.2. The number of anilines is 2. The number of hydrogen-bond donors (Lipinski definition) is 2. The van der Waals surface area contributed by atoms with Crippen LogP contribution in [0, 0.1) is 12.7 Å². The maximum atomic E-state index is 13.3. The average molecular weight is 279 g/mol. The van der Waals surface area contributed by atoms with Gasteiger partial charge in [0.25, 0.3) is 5.91 Å². The Balaban J connectivity index is 2.26. The fourth-order valence-electron chi connectivity index (χ4n) is 1.63. The molecule has 0 spiro atoms. The summed E-state index contributed by atoms with van der Waals surface area (Å²) in [5.74, 6) is -1.09. The normalized spacial score (nSPS) is 10.3. The molecule has 0 aliphatic heterocycles. The van der Waals surface area contributed by atoms with Crippen LogP contribution in [0.25, 0.3) is 0 Å². The lowest BCUT2D eigenvalue weighted by molar-refractivity contribution is 0.102. The van der Waals surface area contributed by atoms with Gasteiger partial charge in [-0.25, -0.2) is 4.39 Å². The van der Waals surface area contributed by atoms with Crippen LogP contribution in [0.3, 0.4) is 0 Å². The monoisotopic (exact) mass is 278 g/mol. The number of carbonyl (C=O) groups excluding carboxylic acids is 1. The molecule has 98 valence electrons. The number of hydrogen-bond acceptors (Lipinski definition) is 2. The molecule has 0 saturated carbocycles. The van der Waals surface area contributed by atoms with E-state index in [2.05, 4.69) is 5.32 Å². The first-order valence-corrected chi connectivity index (χ1v) is 5.98. The molecule has 0 aromatic heterocycles. The quantitative estimate of drug-likeness (QED) is 0.824. The molecule has 0 fully saturated rings. The summed E-state index contributed by atoms with van der Waals surface area (Å²) in [6, 6.07) is 9.20. The first-order valence-electron chi connectivity index (χ1n) is 5.60. The summed E-state index contributed by atoms with van der Waals surface area (Å²) >= 11 is 5.75. The standard InChI is InChI=1S/C14H12ClFN2O/c1-8-7-9(5-6-12(8)17)18-14(19)10-3-2-4-11(16)13(10)15/h2-7H,17H2,1H3,(H,18,19). The van der Waals surface area contributed by atoms with Crippen LogP contribution >= 0.6 is 11.6 Å². The molecule has 0 aliphatic carbocycles. The lowest BCUT2D eigenvalue weighted by Crippen LogP contribution is -2.13. The summed E-state index contributed by atoms with van der Waals surface area (Å²) in [5, 5.41) is 2.46. The van der Waals surface area contributed by atoms with Crippen molar-refractivity contribution < 1.29 is 9.18 Å². The van der Waals surface area contributed by atoms with Crippen molar-refractivity contribution in [2.45, 2.75) is 6.92 Å². The Morgan fingerprint density at radius 3 is 2.74 bits per heavy atom. The highest BCUT2D eigenvalue weighted by molar-refractivity contribution is 6.34. The minimum Gasteiger partial charge on any atom is -0.399 e. The summed E-state index contributed by atoms with van der Waals surface area (Å²) in [7, 11) is 0. The molecule has 5 heteroatoms. The number of halogens is 2. The molecule has 0 atom stereocenters. The van der Waals surface area contributed by atoms with Gasteiger partial charge in [0, 0.05) is 11.4 Å². The Morgan fingerprint density at radius 2 is 2.05 bits per heavy atom. The van der Waals surface area contributed by atoms with Crippen LogP contribution in [0.2, 0.25) is 5.02 Å². The second kappa shape index (κ2) is 5.28. The Morgan fingerprint density at radius 1 is 1.32 bits per heavy atom. The lowest BCUT2D eigenvalue weighted by Gasteiger charge is -2.09. The van der Waals surface area contributed by atoms with E-state index < -0.39 is 11.7 Å². The number of nitrogens with two attached hydrogens (primary N) is 1. The Bertz CT molecular complexity index is 643. The molecule has 0 radical (unpaired) electrons. The van der Waals surface area contributed by atoms with Gasteiger partial charge in [-0.15, -0.1) is 0 Å². The molecule has 0 saturated heterocycles. The van der Waals surface area contributed by atoms with E-state index >= 15 is 0 Å². The number of nitrogen functional groups attached to an aromatic ring is 1. The largest absolute Gasteiger partial charge is 0.399 e. The number of carbonyl (C=O) groups is 1. The van der Waals surface area contributed by atoms with Crippen molar-refractivity contribution in [3.05, 3.63) is 58.4 Å². The maximum absolute atomic E-state index is 13.3. The second-order valence-corrected chi connectivity index (χ2v) is 4.50. The molecule has 0 unspecified atom stereocenters. The Labute approximate surface area is 115 Å². The van der Waals surface area contributed by atoms with E-state index in [1.807, 2.05) is 6.92 Å². The third kappa shape index (κ3) is 2.85. The molecule has 3 N–H and O–H groups in total. The molecule has 1 amide bonds. The van der Waals surface area contributed by atoms with E-state index in [1.54, 1.807) is 18.2 Å². The third-order valence-electron chi connectivity index (χ3n) is 2.72.